The van der Waals surface area contributed by atoms with Crippen LogP contribution in [0, 0.1) is 26.7 Å². The highest BCUT2D eigenvalue weighted by molar-refractivity contribution is 6.01. The topological polar surface area (TPSA) is 66.6 Å². The van der Waals surface area contributed by atoms with Crippen LogP contribution >= 0.6 is 0 Å². The molecule has 2 aliphatic heterocycles. The van der Waals surface area contributed by atoms with Crippen LogP contribution in [0.4, 0.5) is 5.69 Å². The summed E-state index contributed by atoms with van der Waals surface area (Å²) in [6.07, 6.45) is 2.23. The van der Waals surface area contributed by atoms with Gasteiger partial charge in [-0.05, 0) is 44.7 Å². The molecule has 2 fully saturated rings. The Balaban J connectivity index is 1.78. The summed E-state index contributed by atoms with van der Waals surface area (Å²) in [7, 11) is 0. The summed E-state index contributed by atoms with van der Waals surface area (Å²) in [6.45, 7) is 7.98. The van der Waals surface area contributed by atoms with Crippen molar-refractivity contribution in [2.24, 2.45) is 11.7 Å². The Morgan fingerprint density at radius 3 is 2.46 bits per heavy atom. The van der Waals surface area contributed by atoms with Crippen molar-refractivity contribution in [2.45, 2.75) is 46.1 Å². The molecule has 1 aromatic carbocycles. The Labute approximate surface area is 143 Å². The number of nitrogens with two attached hydrogens (primary N) is 1. The van der Waals surface area contributed by atoms with Gasteiger partial charge in [0, 0.05) is 37.8 Å². The van der Waals surface area contributed by atoms with E-state index in [1.807, 2.05) is 18.7 Å². The van der Waals surface area contributed by atoms with E-state index in [-0.39, 0.29) is 23.8 Å². The number of likely N-dealkylation sites (tertiary alicyclic amines) is 1. The summed E-state index contributed by atoms with van der Waals surface area (Å²) < 4.78 is 0. The zero-order valence-corrected chi connectivity index (χ0v) is 14.8. The van der Waals surface area contributed by atoms with E-state index in [2.05, 4.69) is 19.1 Å². The van der Waals surface area contributed by atoms with Crippen LogP contribution in [-0.2, 0) is 9.59 Å². The van der Waals surface area contributed by atoms with Gasteiger partial charge in [-0.2, -0.15) is 0 Å². The van der Waals surface area contributed by atoms with Gasteiger partial charge in [-0.3, -0.25) is 9.59 Å². The van der Waals surface area contributed by atoms with Gasteiger partial charge in [0.25, 0.3) is 0 Å². The normalized spacial score (nSPS) is 24.6. The van der Waals surface area contributed by atoms with Crippen LogP contribution in [0.25, 0.3) is 0 Å². The highest BCUT2D eigenvalue weighted by Crippen LogP contribution is 2.32. The number of rotatable bonds is 2. The molecule has 0 aromatic heterocycles. The third-order valence-electron chi connectivity index (χ3n) is 5.15. The van der Waals surface area contributed by atoms with Crippen molar-refractivity contribution < 1.29 is 9.59 Å². The number of carbonyl (C=O) groups is 2. The van der Waals surface area contributed by atoms with Crippen LogP contribution < -0.4 is 10.6 Å². The van der Waals surface area contributed by atoms with Crippen molar-refractivity contribution in [2.75, 3.05) is 24.5 Å². The maximum atomic E-state index is 12.8. The number of benzene rings is 1. The average Bonchev–Trinajstić information content (AvgIpc) is 2.87. The second-order valence-corrected chi connectivity index (χ2v) is 7.34. The summed E-state index contributed by atoms with van der Waals surface area (Å²) in [4.78, 5) is 29.0. The number of aryl methyl sites for hydroxylation is 3. The van der Waals surface area contributed by atoms with Gasteiger partial charge in [-0.25, -0.2) is 0 Å². The first-order chi connectivity index (χ1) is 11.4. The van der Waals surface area contributed by atoms with Crippen LogP contribution in [-0.4, -0.2) is 42.4 Å². The molecule has 2 atom stereocenters. The third kappa shape index (κ3) is 3.18. The van der Waals surface area contributed by atoms with Gasteiger partial charge in [-0.15, -0.1) is 0 Å². The van der Waals surface area contributed by atoms with Crippen molar-refractivity contribution in [3.63, 3.8) is 0 Å². The van der Waals surface area contributed by atoms with E-state index in [9.17, 15) is 9.59 Å². The fourth-order valence-electron chi connectivity index (χ4n) is 4.16. The molecule has 24 heavy (non-hydrogen) atoms. The fourth-order valence-corrected chi connectivity index (χ4v) is 4.16. The second kappa shape index (κ2) is 6.55. The average molecular weight is 329 g/mol. The van der Waals surface area contributed by atoms with Crippen molar-refractivity contribution in [3.05, 3.63) is 28.8 Å². The zero-order chi connectivity index (χ0) is 17.4. The third-order valence-corrected chi connectivity index (χ3v) is 5.15. The molecule has 0 spiro atoms. The molecule has 5 nitrogen and oxygen atoms in total. The van der Waals surface area contributed by atoms with Gasteiger partial charge < -0.3 is 15.5 Å². The largest absolute Gasteiger partial charge is 0.341 e. The summed E-state index contributed by atoms with van der Waals surface area (Å²) in [5, 5.41) is 0. The van der Waals surface area contributed by atoms with Gasteiger partial charge in [0.1, 0.15) is 0 Å². The Bertz CT molecular complexity index is 648. The van der Waals surface area contributed by atoms with E-state index >= 15 is 0 Å². The number of hydrogen-bond acceptors (Lipinski definition) is 3. The predicted molar refractivity (Wildman–Crippen MR) is 94.9 cm³/mol. The number of hydrogen-bond donors (Lipinski definition) is 1. The molecular formula is C19H27N3O2. The standard InChI is InChI=1S/C19H27N3O2/c1-12-7-13(2)18(14(3)8-12)22-10-15(9-17(22)23)19(24)21-6-4-5-16(20)11-21/h7-8,15-16H,4-6,9-11,20H2,1-3H3. The van der Waals surface area contributed by atoms with E-state index in [4.69, 9.17) is 5.73 Å². The molecule has 5 heteroatoms. The Morgan fingerprint density at radius 1 is 1.17 bits per heavy atom. The van der Waals surface area contributed by atoms with Crippen molar-refractivity contribution in [3.8, 4) is 0 Å². The Kier molecular flexibility index (Phi) is 4.63. The molecule has 2 amide bonds. The summed E-state index contributed by atoms with van der Waals surface area (Å²) >= 11 is 0. The lowest BCUT2D eigenvalue weighted by Crippen LogP contribution is -2.48. The minimum absolute atomic E-state index is 0.0460. The summed E-state index contributed by atoms with van der Waals surface area (Å²) in [6, 6.07) is 4.25. The minimum atomic E-state index is -0.247. The van der Waals surface area contributed by atoms with Gasteiger partial charge >= 0.3 is 0 Å². The lowest BCUT2D eigenvalue weighted by Gasteiger charge is -2.32. The molecular weight excluding hydrogens is 302 g/mol. The number of carbonyl (C=O) groups excluding carboxylic acids is 2. The van der Waals surface area contributed by atoms with E-state index in [0.717, 1.165) is 36.2 Å². The van der Waals surface area contributed by atoms with Gasteiger partial charge in [0.05, 0.1) is 5.92 Å². The summed E-state index contributed by atoms with van der Waals surface area (Å²) in [5.74, 6) is -0.115. The molecule has 0 saturated carbocycles. The zero-order valence-electron chi connectivity index (χ0n) is 14.8. The molecule has 1 aromatic rings. The van der Waals surface area contributed by atoms with Crippen LogP contribution in [0.1, 0.15) is 36.0 Å². The van der Waals surface area contributed by atoms with Crippen LogP contribution in [0.2, 0.25) is 0 Å². The molecule has 0 aliphatic carbocycles. The van der Waals surface area contributed by atoms with Crippen LogP contribution in [0.15, 0.2) is 12.1 Å². The van der Waals surface area contributed by atoms with E-state index < -0.39 is 0 Å². The van der Waals surface area contributed by atoms with Gasteiger partial charge in [0.15, 0.2) is 0 Å². The second-order valence-electron chi connectivity index (χ2n) is 7.34. The lowest BCUT2D eigenvalue weighted by molar-refractivity contribution is -0.136. The smallest absolute Gasteiger partial charge is 0.228 e. The molecule has 130 valence electrons. The fraction of sp³-hybridized carbons (Fsp3) is 0.579. The van der Waals surface area contributed by atoms with E-state index in [1.165, 1.54) is 5.56 Å². The van der Waals surface area contributed by atoms with Crippen LogP contribution in [0.5, 0.6) is 0 Å². The maximum absolute atomic E-state index is 12.8. The molecule has 2 N–H and O–H groups in total. The van der Waals surface area contributed by atoms with Crippen LogP contribution in [0.3, 0.4) is 0 Å². The first-order valence-corrected chi connectivity index (χ1v) is 8.79. The number of amides is 2. The molecule has 3 rings (SSSR count). The van der Waals surface area contributed by atoms with Gasteiger partial charge in [-0.1, -0.05) is 17.7 Å². The molecule has 2 aliphatic rings. The van der Waals surface area contributed by atoms with Crippen molar-refractivity contribution in [1.82, 2.24) is 4.90 Å². The van der Waals surface area contributed by atoms with Crippen molar-refractivity contribution in [1.29, 1.82) is 0 Å². The molecule has 0 radical (unpaired) electrons. The quantitative estimate of drug-likeness (QED) is 0.901. The predicted octanol–water partition coefficient (Wildman–Crippen LogP) is 1.91. The number of anilines is 1. The molecule has 0 bridgehead atoms. The monoisotopic (exact) mass is 329 g/mol. The first-order valence-electron chi connectivity index (χ1n) is 8.79. The highest BCUT2D eigenvalue weighted by Gasteiger charge is 2.38. The highest BCUT2D eigenvalue weighted by atomic mass is 16.2. The van der Waals surface area contributed by atoms with E-state index in [0.29, 0.717) is 19.5 Å². The van der Waals surface area contributed by atoms with Crippen molar-refractivity contribution >= 4 is 17.5 Å². The maximum Gasteiger partial charge on any atom is 0.228 e. The summed E-state index contributed by atoms with van der Waals surface area (Å²) in [5.41, 5.74) is 10.3. The number of piperidine rings is 1. The first kappa shape index (κ1) is 17.0. The van der Waals surface area contributed by atoms with Gasteiger partial charge in [0.2, 0.25) is 11.8 Å². The molecule has 2 heterocycles. The van der Waals surface area contributed by atoms with E-state index in [1.54, 1.807) is 4.90 Å². The Hall–Kier alpha value is -1.88. The Morgan fingerprint density at radius 2 is 1.83 bits per heavy atom. The molecule has 2 saturated heterocycles. The SMILES string of the molecule is Cc1cc(C)c(N2CC(C(=O)N3CCCC(N)C3)CC2=O)c(C)c1. The minimum Gasteiger partial charge on any atom is -0.341 e. The number of nitrogens with zero attached hydrogens (tertiary/aromatic N) is 2. The molecule has 2 unspecified atom stereocenters. The lowest BCUT2D eigenvalue weighted by atomic mass is 10.0.